The molecule has 0 rings (SSSR count). The van der Waals surface area contributed by atoms with E-state index in [1.165, 1.54) is 0 Å². The van der Waals surface area contributed by atoms with Gasteiger partial charge in [-0.1, -0.05) is 0 Å². The van der Waals surface area contributed by atoms with E-state index >= 15 is 0 Å². The number of rotatable bonds is 5. The minimum absolute atomic E-state index is 0. The Kier molecular flexibility index (Phi) is 9.66. The van der Waals surface area contributed by atoms with Crippen molar-refractivity contribution in [3.8, 4) is 6.07 Å². The van der Waals surface area contributed by atoms with Crippen LogP contribution in [0.1, 0.15) is 15.3 Å². The Balaban J connectivity index is -0.000000500. The van der Waals surface area contributed by atoms with Crippen LogP contribution in [0.5, 0.6) is 0 Å². The summed E-state index contributed by atoms with van der Waals surface area (Å²) in [4.78, 5) is 0. The van der Waals surface area contributed by atoms with Gasteiger partial charge in [0.15, 0.2) is 0 Å². The molecular weight excluding hydrogens is 172 g/mol. The van der Waals surface area contributed by atoms with Crippen LogP contribution in [0.4, 0.5) is 0 Å². The van der Waals surface area contributed by atoms with Gasteiger partial charge in [0.05, 0.1) is 19.3 Å². The number of nitrogens with zero attached hydrogens (tertiary/aromatic N) is 1. The van der Waals surface area contributed by atoms with Crippen LogP contribution in [-0.4, -0.2) is 19.4 Å². The Hall–Kier alpha value is 0.237. The van der Waals surface area contributed by atoms with Crippen LogP contribution < -0.4 is 18.9 Å². The molecule has 4 nitrogen and oxygen atoms in total. The molecule has 0 aromatic heterocycles. The molecule has 0 aromatic rings. The Labute approximate surface area is 86.4 Å². The molecule has 6 heteroatoms. The average Bonchev–Trinajstić information content (AvgIpc) is 1.88. The molecule has 0 heterocycles. The third kappa shape index (κ3) is 5.83. The number of hydrogen-bond donors (Lipinski definition) is 0. The molecule has 0 aromatic carbocycles. The molecule has 0 atom stereocenters. The van der Waals surface area contributed by atoms with Crippen LogP contribution in [0.2, 0.25) is 0 Å². The van der Waals surface area contributed by atoms with Crippen LogP contribution in [-0.2, 0) is 13.6 Å². The van der Waals surface area contributed by atoms with Gasteiger partial charge in [0, 0.05) is 0 Å². The van der Waals surface area contributed by atoms with Crippen molar-refractivity contribution in [2.24, 2.45) is 0 Å². The summed E-state index contributed by atoms with van der Waals surface area (Å²) in [6, 6.07) is 1.76. The molecule has 0 bridgehead atoms. The molecule has 66 valence electrons. The van der Waals surface area contributed by atoms with E-state index in [0.717, 1.165) is 0 Å². The zero-order valence-electron chi connectivity index (χ0n) is 8.74. The maximum atomic E-state index is 11.3. The molecule has 0 spiro atoms. The molecule has 0 amide bonds. The van der Waals surface area contributed by atoms with Crippen LogP contribution in [0.15, 0.2) is 0 Å². The van der Waals surface area contributed by atoms with Crippen molar-refractivity contribution in [2.75, 3.05) is 19.4 Å². The first kappa shape index (κ1) is 14.7. The maximum absolute atomic E-state index is 11.3. The van der Waals surface area contributed by atoms with Crippen molar-refractivity contribution in [3.05, 3.63) is 0 Å². The van der Waals surface area contributed by atoms with Crippen molar-refractivity contribution >= 4 is 7.60 Å². The molecule has 0 aliphatic heterocycles. The molecule has 0 N–H and O–H groups in total. The second-order valence-electron chi connectivity index (χ2n) is 1.76. The van der Waals surface area contributed by atoms with Gasteiger partial charge in [0.2, 0.25) is 0 Å². The van der Waals surface area contributed by atoms with Gasteiger partial charge in [-0.2, -0.15) is 5.26 Å². The summed E-state index contributed by atoms with van der Waals surface area (Å²) in [5.41, 5.74) is 0. The molecular formula is C6H13LiNO3P. The van der Waals surface area contributed by atoms with Gasteiger partial charge in [-0.05, 0) is 13.8 Å². The third-order valence-electron chi connectivity index (χ3n) is 0.916. The maximum Gasteiger partial charge on any atom is 1.00 e. The largest absolute Gasteiger partial charge is 1.00 e. The van der Waals surface area contributed by atoms with Crippen LogP contribution in [0.25, 0.3) is 0 Å². The second kappa shape index (κ2) is 7.86. The fourth-order valence-corrected chi connectivity index (χ4v) is 1.83. The number of hydrogen-bond acceptors (Lipinski definition) is 4. The summed E-state index contributed by atoms with van der Waals surface area (Å²) in [6.45, 7) is 4.03. The minimum Gasteiger partial charge on any atom is -1.00 e. The third-order valence-corrected chi connectivity index (χ3v) is 2.75. The van der Waals surface area contributed by atoms with Crippen molar-refractivity contribution in [3.63, 3.8) is 0 Å². The summed E-state index contributed by atoms with van der Waals surface area (Å²) in [6.07, 6.45) is -0.172. The first-order valence-corrected chi connectivity index (χ1v) is 5.16. The topological polar surface area (TPSA) is 59.3 Å². The van der Waals surface area contributed by atoms with Crippen molar-refractivity contribution < 1.29 is 33.9 Å². The quantitative estimate of drug-likeness (QED) is 0.402. The summed E-state index contributed by atoms with van der Waals surface area (Å²) < 4.78 is 21.0. The van der Waals surface area contributed by atoms with E-state index in [0.29, 0.717) is 13.2 Å². The van der Waals surface area contributed by atoms with Gasteiger partial charge in [-0.15, -0.1) is 0 Å². The van der Waals surface area contributed by atoms with Gasteiger partial charge >= 0.3 is 26.5 Å². The van der Waals surface area contributed by atoms with E-state index in [-0.39, 0.29) is 26.4 Å². The van der Waals surface area contributed by atoms with Crippen molar-refractivity contribution in [1.29, 1.82) is 5.26 Å². The summed E-state index contributed by atoms with van der Waals surface area (Å²) in [5.74, 6) is 0. The molecule has 0 unspecified atom stereocenters. The Morgan fingerprint density at radius 2 is 1.83 bits per heavy atom. The molecule has 0 radical (unpaired) electrons. The Bertz CT molecular complexity index is 187. The molecule has 0 saturated carbocycles. The van der Waals surface area contributed by atoms with Gasteiger partial charge < -0.3 is 10.5 Å². The fraction of sp³-hybridized carbons (Fsp3) is 0.833. The van der Waals surface area contributed by atoms with E-state index in [2.05, 4.69) is 0 Å². The predicted molar refractivity (Wildman–Crippen MR) is 42.5 cm³/mol. The molecule has 0 aliphatic carbocycles. The van der Waals surface area contributed by atoms with Gasteiger partial charge in [-0.25, -0.2) is 0 Å². The van der Waals surface area contributed by atoms with E-state index in [4.69, 9.17) is 14.3 Å². The smallest absolute Gasteiger partial charge is 1.00 e. The van der Waals surface area contributed by atoms with E-state index in [1.54, 1.807) is 19.9 Å². The molecule has 0 saturated heterocycles. The van der Waals surface area contributed by atoms with E-state index in [9.17, 15) is 4.57 Å². The summed E-state index contributed by atoms with van der Waals surface area (Å²) in [5, 5.41) is 8.27. The van der Waals surface area contributed by atoms with Crippen molar-refractivity contribution in [2.45, 2.75) is 13.8 Å². The second-order valence-corrected chi connectivity index (χ2v) is 3.82. The fourth-order valence-electron chi connectivity index (χ4n) is 0.609. The Morgan fingerprint density at radius 1 is 1.42 bits per heavy atom. The van der Waals surface area contributed by atoms with Gasteiger partial charge in [0.25, 0.3) is 0 Å². The molecule has 0 aliphatic rings. The SMILES string of the molecule is CCOP(=O)(CC#N)OCC.[H-].[Li+]. The zero-order valence-corrected chi connectivity index (χ0v) is 8.63. The first-order chi connectivity index (χ1) is 5.18. The van der Waals surface area contributed by atoms with E-state index < -0.39 is 7.60 Å². The number of nitriles is 1. The van der Waals surface area contributed by atoms with E-state index in [1.807, 2.05) is 0 Å². The summed E-state index contributed by atoms with van der Waals surface area (Å²) >= 11 is 0. The van der Waals surface area contributed by atoms with Crippen LogP contribution >= 0.6 is 7.60 Å². The zero-order chi connectivity index (χ0) is 8.74. The van der Waals surface area contributed by atoms with Crippen LogP contribution in [0.3, 0.4) is 0 Å². The standard InChI is InChI=1S/C6H12NO3P.Li.H/c1-3-9-11(8,6-5-7)10-4-2;;/h3-4,6H2,1-2H3;;/q;+1;-1. The Morgan fingerprint density at radius 3 is 2.08 bits per heavy atom. The monoisotopic (exact) mass is 185 g/mol. The summed E-state index contributed by atoms with van der Waals surface area (Å²) in [7, 11) is -3.08. The molecule has 12 heavy (non-hydrogen) atoms. The van der Waals surface area contributed by atoms with Crippen LogP contribution in [0, 0.1) is 11.3 Å². The predicted octanol–water partition coefficient (Wildman–Crippen LogP) is -1.11. The van der Waals surface area contributed by atoms with Gasteiger partial charge in [0.1, 0.15) is 6.16 Å². The minimum atomic E-state index is -3.08. The van der Waals surface area contributed by atoms with Gasteiger partial charge in [-0.3, -0.25) is 4.57 Å². The first-order valence-electron chi connectivity index (χ1n) is 3.43. The molecule has 0 fully saturated rings. The van der Waals surface area contributed by atoms with Crippen molar-refractivity contribution in [1.82, 2.24) is 0 Å². The average molecular weight is 185 g/mol. The normalized spacial score (nSPS) is 10.1.